The van der Waals surface area contributed by atoms with Gasteiger partial charge in [0.1, 0.15) is 11.6 Å². The van der Waals surface area contributed by atoms with E-state index in [1.807, 2.05) is 25.1 Å². The van der Waals surface area contributed by atoms with Crippen LogP contribution < -0.4 is 5.32 Å². The number of rotatable bonds is 6. The van der Waals surface area contributed by atoms with E-state index >= 15 is 0 Å². The molecule has 3 unspecified atom stereocenters. The fraction of sp³-hybridized carbons (Fsp3) is 0.350. The maximum Gasteiger partial charge on any atom is 0.223 e. The summed E-state index contributed by atoms with van der Waals surface area (Å²) in [6.07, 6.45) is 0.666. The Morgan fingerprint density at radius 2 is 1.96 bits per heavy atom. The van der Waals surface area contributed by atoms with Crippen LogP contribution in [0.5, 0.6) is 0 Å². The molecule has 1 aliphatic carbocycles. The van der Waals surface area contributed by atoms with E-state index in [9.17, 15) is 13.6 Å². The molecule has 1 fully saturated rings. The van der Waals surface area contributed by atoms with Gasteiger partial charge in [0.15, 0.2) is 0 Å². The van der Waals surface area contributed by atoms with Gasteiger partial charge in [0.2, 0.25) is 5.91 Å². The van der Waals surface area contributed by atoms with E-state index in [0.29, 0.717) is 18.5 Å². The number of hydrogen-bond donors (Lipinski definition) is 1. The number of carbonyl (C=O) groups is 1. The van der Waals surface area contributed by atoms with Crippen LogP contribution in [0.15, 0.2) is 48.5 Å². The first-order valence-corrected chi connectivity index (χ1v) is 8.41. The predicted octanol–water partition coefficient (Wildman–Crippen LogP) is 3.49. The summed E-state index contributed by atoms with van der Waals surface area (Å²) in [5.74, 6) is -0.858. The molecule has 0 heterocycles. The summed E-state index contributed by atoms with van der Waals surface area (Å²) < 4.78 is 27.3. The lowest BCUT2D eigenvalue weighted by Crippen LogP contribution is -2.35. The van der Waals surface area contributed by atoms with Gasteiger partial charge in [-0.25, -0.2) is 8.78 Å². The third-order valence-corrected chi connectivity index (χ3v) is 4.76. The van der Waals surface area contributed by atoms with Gasteiger partial charge in [0.05, 0.1) is 6.04 Å². The molecule has 132 valence electrons. The minimum Gasteiger partial charge on any atom is -0.354 e. The van der Waals surface area contributed by atoms with Crippen molar-refractivity contribution in [2.24, 2.45) is 5.92 Å². The quantitative estimate of drug-likeness (QED) is 0.870. The Kier molecular flexibility index (Phi) is 5.13. The predicted molar refractivity (Wildman–Crippen MR) is 93.1 cm³/mol. The molecule has 1 saturated carbocycles. The number of nitrogens with zero attached hydrogens (tertiary/aromatic N) is 1. The Labute approximate surface area is 146 Å². The first kappa shape index (κ1) is 17.5. The van der Waals surface area contributed by atoms with E-state index in [1.165, 1.54) is 18.2 Å². The van der Waals surface area contributed by atoms with Gasteiger partial charge < -0.3 is 10.2 Å². The monoisotopic (exact) mass is 344 g/mol. The summed E-state index contributed by atoms with van der Waals surface area (Å²) in [5, 5.41) is 2.94. The van der Waals surface area contributed by atoms with Crippen LogP contribution in [-0.4, -0.2) is 31.4 Å². The molecule has 25 heavy (non-hydrogen) atoms. The van der Waals surface area contributed by atoms with Gasteiger partial charge in [-0.05, 0) is 55.8 Å². The number of halogens is 2. The number of nitrogens with one attached hydrogen (secondary N) is 1. The second kappa shape index (κ2) is 7.31. The van der Waals surface area contributed by atoms with E-state index in [1.54, 1.807) is 24.3 Å². The van der Waals surface area contributed by atoms with E-state index in [0.717, 1.165) is 5.56 Å². The van der Waals surface area contributed by atoms with Gasteiger partial charge in [-0.2, -0.15) is 0 Å². The largest absolute Gasteiger partial charge is 0.354 e. The van der Waals surface area contributed by atoms with E-state index in [4.69, 9.17) is 0 Å². The van der Waals surface area contributed by atoms with Crippen molar-refractivity contribution >= 4 is 5.91 Å². The molecule has 3 nitrogen and oxygen atoms in total. The van der Waals surface area contributed by atoms with Crippen LogP contribution in [0.3, 0.4) is 0 Å². The molecule has 2 aromatic rings. The smallest absolute Gasteiger partial charge is 0.223 e. The summed E-state index contributed by atoms with van der Waals surface area (Å²) in [5.41, 5.74) is 1.42. The summed E-state index contributed by atoms with van der Waals surface area (Å²) in [4.78, 5) is 14.3. The van der Waals surface area contributed by atoms with Crippen LogP contribution in [0.1, 0.15) is 29.5 Å². The summed E-state index contributed by atoms with van der Waals surface area (Å²) in [6, 6.07) is 12.9. The Morgan fingerprint density at radius 1 is 1.20 bits per heavy atom. The molecule has 3 atom stereocenters. The zero-order chi connectivity index (χ0) is 18.0. The van der Waals surface area contributed by atoms with Crippen LogP contribution in [0.25, 0.3) is 0 Å². The van der Waals surface area contributed by atoms with Gasteiger partial charge in [0, 0.05) is 12.5 Å². The van der Waals surface area contributed by atoms with Gasteiger partial charge in [-0.1, -0.05) is 30.3 Å². The lowest BCUT2D eigenvalue weighted by molar-refractivity contribution is -0.122. The van der Waals surface area contributed by atoms with E-state index in [2.05, 4.69) is 5.32 Å². The molecule has 2 aromatic carbocycles. The topological polar surface area (TPSA) is 32.3 Å². The van der Waals surface area contributed by atoms with Crippen molar-refractivity contribution < 1.29 is 13.6 Å². The highest BCUT2D eigenvalue weighted by molar-refractivity contribution is 5.83. The molecular weight excluding hydrogens is 322 g/mol. The lowest BCUT2D eigenvalue weighted by Gasteiger charge is -2.25. The van der Waals surface area contributed by atoms with E-state index < -0.39 is 0 Å². The second-order valence-electron chi connectivity index (χ2n) is 6.75. The van der Waals surface area contributed by atoms with Gasteiger partial charge in [0.25, 0.3) is 0 Å². The Hall–Kier alpha value is -2.27. The minimum absolute atomic E-state index is 0.0480. The van der Waals surface area contributed by atoms with Crippen LogP contribution >= 0.6 is 0 Å². The van der Waals surface area contributed by atoms with Crippen molar-refractivity contribution in [2.75, 3.05) is 20.6 Å². The first-order valence-electron chi connectivity index (χ1n) is 8.41. The Bertz CT molecular complexity index is 763. The second-order valence-corrected chi connectivity index (χ2v) is 6.75. The van der Waals surface area contributed by atoms with Gasteiger partial charge >= 0.3 is 0 Å². The maximum atomic E-state index is 13.8. The zero-order valence-corrected chi connectivity index (χ0v) is 14.4. The molecule has 0 bridgehead atoms. The molecule has 0 spiro atoms. The molecule has 3 rings (SSSR count). The van der Waals surface area contributed by atoms with Crippen LogP contribution in [0.2, 0.25) is 0 Å². The van der Waals surface area contributed by atoms with Crippen molar-refractivity contribution in [1.29, 1.82) is 0 Å². The summed E-state index contributed by atoms with van der Waals surface area (Å²) >= 11 is 0. The van der Waals surface area contributed by atoms with E-state index in [-0.39, 0.29) is 35.4 Å². The summed E-state index contributed by atoms with van der Waals surface area (Å²) in [7, 11) is 3.78. The number of likely N-dealkylation sites (N-methyl/N-ethyl adjacent to an activating group) is 1. The average Bonchev–Trinajstić information content (AvgIpc) is 3.35. The molecule has 5 heteroatoms. The normalized spacial score (nSPS) is 20.4. The molecule has 0 aromatic heterocycles. The van der Waals surface area contributed by atoms with Gasteiger partial charge in [-0.15, -0.1) is 0 Å². The van der Waals surface area contributed by atoms with Gasteiger partial charge in [-0.3, -0.25) is 4.79 Å². The molecule has 0 aliphatic heterocycles. The highest BCUT2D eigenvalue weighted by atomic mass is 19.1. The van der Waals surface area contributed by atoms with Crippen LogP contribution in [-0.2, 0) is 4.79 Å². The average molecular weight is 344 g/mol. The van der Waals surface area contributed by atoms with Crippen molar-refractivity contribution in [3.05, 3.63) is 71.3 Å². The third-order valence-electron chi connectivity index (χ3n) is 4.76. The highest BCUT2D eigenvalue weighted by Gasteiger charge is 2.45. The van der Waals surface area contributed by atoms with Crippen LogP contribution in [0, 0.1) is 17.6 Å². The standard InChI is InChI=1S/C20H22F2N2O/c1-24(2)19(13-6-5-7-14(21)10-13)12-23-20(25)17-11-16(17)15-8-3-4-9-18(15)22/h3-10,16-17,19H,11-12H2,1-2H3,(H,23,25). The fourth-order valence-corrected chi connectivity index (χ4v) is 3.25. The maximum absolute atomic E-state index is 13.8. The van der Waals surface area contributed by atoms with Crippen molar-refractivity contribution in [2.45, 2.75) is 18.4 Å². The zero-order valence-electron chi connectivity index (χ0n) is 14.4. The molecule has 1 amide bonds. The minimum atomic E-state index is -0.294. The SMILES string of the molecule is CN(C)C(CNC(=O)C1CC1c1ccccc1F)c1cccc(F)c1. The number of hydrogen-bond acceptors (Lipinski definition) is 2. The molecule has 0 radical (unpaired) electrons. The molecule has 1 N–H and O–H groups in total. The first-order chi connectivity index (χ1) is 12.0. The van der Waals surface area contributed by atoms with Crippen molar-refractivity contribution in [3.63, 3.8) is 0 Å². The fourth-order valence-electron chi connectivity index (χ4n) is 3.25. The Balaban J connectivity index is 1.61. The molecular formula is C20H22F2N2O. The van der Waals surface area contributed by atoms with Crippen LogP contribution in [0.4, 0.5) is 8.78 Å². The molecule has 1 aliphatic rings. The number of carbonyl (C=O) groups excluding carboxylic acids is 1. The van der Waals surface area contributed by atoms with Crippen molar-refractivity contribution in [3.8, 4) is 0 Å². The lowest BCUT2D eigenvalue weighted by atomic mass is 10.1. The third kappa shape index (κ3) is 4.04. The Morgan fingerprint density at radius 3 is 2.64 bits per heavy atom. The molecule has 0 saturated heterocycles. The van der Waals surface area contributed by atoms with Crippen molar-refractivity contribution in [1.82, 2.24) is 10.2 Å². The number of benzene rings is 2. The summed E-state index contributed by atoms with van der Waals surface area (Å²) in [6.45, 7) is 0.385. The highest BCUT2D eigenvalue weighted by Crippen LogP contribution is 2.48. The number of amides is 1.